The number of hydrogen-bond donors (Lipinski definition) is 3. The van der Waals surface area contributed by atoms with Gasteiger partial charge in [0.15, 0.2) is 0 Å². The standard InChI is InChI=1S/C20H29N3O7/c1-5-28-19(27)29-15-8-6-14(7-9-15)17(25)22-13-12-21-16(24)10-11-23-18(26)30-20(2,3)4/h6-9H,5,10-13H2,1-4H3,(H,21,24)(H,22,25)(H,23,26). The quantitative estimate of drug-likeness (QED) is 0.314. The fourth-order valence-corrected chi connectivity index (χ4v) is 2.08. The van der Waals surface area contributed by atoms with E-state index in [1.807, 2.05) is 0 Å². The van der Waals surface area contributed by atoms with Crippen LogP contribution >= 0.6 is 0 Å². The van der Waals surface area contributed by atoms with Gasteiger partial charge in [0.05, 0.1) is 6.61 Å². The summed E-state index contributed by atoms with van der Waals surface area (Å²) in [6.45, 7) is 7.73. The van der Waals surface area contributed by atoms with E-state index in [2.05, 4.69) is 20.7 Å². The van der Waals surface area contributed by atoms with Gasteiger partial charge in [-0.3, -0.25) is 9.59 Å². The average Bonchev–Trinajstić information content (AvgIpc) is 2.64. The van der Waals surface area contributed by atoms with Crippen LogP contribution in [0.15, 0.2) is 24.3 Å². The van der Waals surface area contributed by atoms with Gasteiger partial charge >= 0.3 is 12.2 Å². The summed E-state index contributed by atoms with van der Waals surface area (Å²) in [4.78, 5) is 46.5. The van der Waals surface area contributed by atoms with Gasteiger partial charge in [0, 0.05) is 31.6 Å². The van der Waals surface area contributed by atoms with Crippen molar-refractivity contribution in [2.45, 2.75) is 39.7 Å². The van der Waals surface area contributed by atoms with Crippen LogP contribution in [-0.4, -0.2) is 55.9 Å². The zero-order valence-corrected chi connectivity index (χ0v) is 17.7. The maximum atomic E-state index is 12.1. The minimum Gasteiger partial charge on any atom is -0.444 e. The van der Waals surface area contributed by atoms with Crippen molar-refractivity contribution < 1.29 is 33.4 Å². The first-order chi connectivity index (χ1) is 14.1. The zero-order valence-electron chi connectivity index (χ0n) is 17.7. The second-order valence-electron chi connectivity index (χ2n) is 7.09. The maximum absolute atomic E-state index is 12.1. The Morgan fingerprint density at radius 3 is 2.13 bits per heavy atom. The molecule has 3 amide bonds. The Hall–Kier alpha value is -3.30. The second kappa shape index (κ2) is 12.3. The molecule has 0 bridgehead atoms. The molecule has 3 N–H and O–H groups in total. The molecule has 1 rings (SSSR count). The van der Waals surface area contributed by atoms with Gasteiger partial charge in [-0.2, -0.15) is 0 Å². The summed E-state index contributed by atoms with van der Waals surface area (Å²) in [6.07, 6.45) is -1.30. The van der Waals surface area contributed by atoms with E-state index < -0.39 is 17.8 Å². The SMILES string of the molecule is CCOC(=O)Oc1ccc(C(=O)NCCNC(=O)CCNC(=O)OC(C)(C)C)cc1. The first-order valence-electron chi connectivity index (χ1n) is 9.57. The average molecular weight is 423 g/mol. The van der Waals surface area contributed by atoms with E-state index in [1.54, 1.807) is 27.7 Å². The monoisotopic (exact) mass is 423 g/mol. The van der Waals surface area contributed by atoms with E-state index in [-0.39, 0.29) is 50.2 Å². The minimum atomic E-state index is -0.813. The molecule has 166 valence electrons. The van der Waals surface area contributed by atoms with Crippen molar-refractivity contribution in [2.24, 2.45) is 0 Å². The summed E-state index contributed by atoms with van der Waals surface area (Å²) >= 11 is 0. The Labute approximate surface area is 175 Å². The molecule has 0 fully saturated rings. The molecule has 0 unspecified atom stereocenters. The van der Waals surface area contributed by atoms with Gasteiger partial charge < -0.3 is 30.2 Å². The number of ether oxygens (including phenoxy) is 3. The molecule has 0 saturated carbocycles. The molecule has 0 aliphatic carbocycles. The van der Waals surface area contributed by atoms with E-state index in [9.17, 15) is 19.2 Å². The topological polar surface area (TPSA) is 132 Å². The summed E-state index contributed by atoms with van der Waals surface area (Å²) in [5.41, 5.74) is -0.224. The van der Waals surface area contributed by atoms with Crippen molar-refractivity contribution in [3.8, 4) is 5.75 Å². The smallest absolute Gasteiger partial charge is 0.444 e. The van der Waals surface area contributed by atoms with E-state index in [1.165, 1.54) is 24.3 Å². The van der Waals surface area contributed by atoms with Gasteiger partial charge in [-0.25, -0.2) is 9.59 Å². The predicted molar refractivity (Wildman–Crippen MR) is 108 cm³/mol. The lowest BCUT2D eigenvalue weighted by Crippen LogP contribution is -2.37. The number of amides is 3. The molecule has 0 aliphatic rings. The highest BCUT2D eigenvalue weighted by Gasteiger charge is 2.15. The van der Waals surface area contributed by atoms with Crippen molar-refractivity contribution >= 4 is 24.1 Å². The fourth-order valence-electron chi connectivity index (χ4n) is 2.08. The molecule has 0 aliphatic heterocycles. The number of rotatable bonds is 9. The molecule has 10 nitrogen and oxygen atoms in total. The van der Waals surface area contributed by atoms with E-state index in [4.69, 9.17) is 9.47 Å². The fraction of sp³-hybridized carbons (Fsp3) is 0.500. The van der Waals surface area contributed by atoms with Crippen LogP contribution < -0.4 is 20.7 Å². The summed E-state index contributed by atoms with van der Waals surface area (Å²) in [6, 6.07) is 5.96. The highest BCUT2D eigenvalue weighted by Crippen LogP contribution is 2.13. The van der Waals surface area contributed by atoms with Crippen molar-refractivity contribution in [2.75, 3.05) is 26.2 Å². The lowest BCUT2D eigenvalue weighted by Gasteiger charge is -2.19. The highest BCUT2D eigenvalue weighted by molar-refractivity contribution is 5.94. The van der Waals surface area contributed by atoms with Crippen molar-refractivity contribution in [3.05, 3.63) is 29.8 Å². The Kier molecular flexibility index (Phi) is 10.1. The molecule has 0 heterocycles. The third-order valence-corrected chi connectivity index (χ3v) is 3.33. The number of benzene rings is 1. The summed E-state index contributed by atoms with van der Waals surface area (Å²) in [5.74, 6) is -0.337. The van der Waals surface area contributed by atoms with Crippen molar-refractivity contribution in [3.63, 3.8) is 0 Å². The summed E-state index contributed by atoms with van der Waals surface area (Å²) < 4.78 is 14.6. The third-order valence-electron chi connectivity index (χ3n) is 3.33. The van der Waals surface area contributed by atoms with Crippen LogP contribution in [0, 0.1) is 0 Å². The molecule has 0 saturated heterocycles. The van der Waals surface area contributed by atoms with Crippen LogP contribution in [0.2, 0.25) is 0 Å². The van der Waals surface area contributed by atoms with Crippen LogP contribution in [0.25, 0.3) is 0 Å². The Bertz CT molecular complexity index is 727. The number of carbonyl (C=O) groups is 4. The summed E-state index contributed by atoms with van der Waals surface area (Å²) in [7, 11) is 0. The van der Waals surface area contributed by atoms with Gasteiger partial charge in [-0.05, 0) is 52.0 Å². The van der Waals surface area contributed by atoms with E-state index >= 15 is 0 Å². The minimum absolute atomic E-state index is 0.0924. The molecule has 30 heavy (non-hydrogen) atoms. The molecule has 1 aromatic carbocycles. The lowest BCUT2D eigenvalue weighted by atomic mass is 10.2. The zero-order chi connectivity index (χ0) is 22.6. The molecule has 0 spiro atoms. The third kappa shape index (κ3) is 10.9. The van der Waals surface area contributed by atoms with Crippen LogP contribution in [0.3, 0.4) is 0 Å². The molecule has 1 aromatic rings. The molecule has 0 atom stereocenters. The van der Waals surface area contributed by atoms with Crippen LogP contribution in [0.4, 0.5) is 9.59 Å². The van der Waals surface area contributed by atoms with Gasteiger partial charge in [0.2, 0.25) is 5.91 Å². The number of carbonyl (C=O) groups excluding carboxylic acids is 4. The first kappa shape index (κ1) is 24.7. The second-order valence-corrected chi connectivity index (χ2v) is 7.09. The van der Waals surface area contributed by atoms with Crippen molar-refractivity contribution in [1.82, 2.24) is 16.0 Å². The lowest BCUT2D eigenvalue weighted by molar-refractivity contribution is -0.120. The van der Waals surface area contributed by atoms with Crippen molar-refractivity contribution in [1.29, 1.82) is 0 Å². The van der Waals surface area contributed by atoms with Crippen LogP contribution in [-0.2, 0) is 14.3 Å². The molecular weight excluding hydrogens is 394 g/mol. The van der Waals surface area contributed by atoms with E-state index in [0.717, 1.165) is 0 Å². The van der Waals surface area contributed by atoms with E-state index in [0.29, 0.717) is 5.56 Å². The Morgan fingerprint density at radius 2 is 1.53 bits per heavy atom. The highest BCUT2D eigenvalue weighted by atomic mass is 16.7. The predicted octanol–water partition coefficient (Wildman–Crippen LogP) is 1.98. The van der Waals surface area contributed by atoms with Gasteiger partial charge in [0.1, 0.15) is 11.4 Å². The number of hydrogen-bond acceptors (Lipinski definition) is 7. The maximum Gasteiger partial charge on any atom is 0.513 e. The van der Waals surface area contributed by atoms with Gasteiger partial charge in [-0.15, -0.1) is 0 Å². The summed E-state index contributed by atoms with van der Waals surface area (Å²) in [5, 5.41) is 7.79. The van der Waals surface area contributed by atoms with Gasteiger partial charge in [0.25, 0.3) is 5.91 Å². The molecule has 0 aromatic heterocycles. The molecular formula is C20H29N3O7. The van der Waals surface area contributed by atoms with Crippen LogP contribution in [0.1, 0.15) is 44.5 Å². The molecule has 10 heteroatoms. The van der Waals surface area contributed by atoms with Gasteiger partial charge in [-0.1, -0.05) is 0 Å². The Balaban J connectivity index is 2.22. The molecule has 0 radical (unpaired) electrons. The Morgan fingerprint density at radius 1 is 0.900 bits per heavy atom. The first-order valence-corrected chi connectivity index (χ1v) is 9.57. The van der Waals surface area contributed by atoms with Crippen LogP contribution in [0.5, 0.6) is 5.75 Å². The number of nitrogens with one attached hydrogen (secondary N) is 3. The number of alkyl carbamates (subject to hydrolysis) is 1. The largest absolute Gasteiger partial charge is 0.513 e. The normalized spacial score (nSPS) is 10.5.